The maximum Gasteiger partial charge on any atom is 0.244 e. The van der Waals surface area contributed by atoms with E-state index in [1.165, 1.54) is 16.7 Å². The molecule has 2 aromatic rings. The van der Waals surface area contributed by atoms with Crippen LogP contribution in [0.3, 0.4) is 0 Å². The molecular weight excluding hydrogens is 384 g/mol. The van der Waals surface area contributed by atoms with E-state index in [0.29, 0.717) is 5.91 Å². The lowest BCUT2D eigenvalue weighted by Crippen LogP contribution is -2.45. The van der Waals surface area contributed by atoms with Gasteiger partial charge in [-0.2, -0.15) is 0 Å². The fraction of sp³-hybridized carbons (Fsp3) is 0.519. The van der Waals surface area contributed by atoms with Crippen molar-refractivity contribution in [2.75, 3.05) is 20.7 Å². The zero-order valence-corrected chi connectivity index (χ0v) is 19.6. The predicted octanol–water partition coefficient (Wildman–Crippen LogP) is 5.32. The zero-order chi connectivity index (χ0) is 22.2. The van der Waals surface area contributed by atoms with Crippen LogP contribution in [0.4, 0.5) is 0 Å². The summed E-state index contributed by atoms with van der Waals surface area (Å²) in [7, 11) is 3.84. The van der Waals surface area contributed by atoms with Crippen molar-refractivity contribution in [3.8, 4) is 5.75 Å². The number of benzene rings is 2. The van der Waals surface area contributed by atoms with Crippen LogP contribution in [0.5, 0.6) is 5.75 Å². The number of likely N-dealkylation sites (N-methyl/N-ethyl adjacent to an activating group) is 1. The Balaban J connectivity index is 1.62. The topological polar surface area (TPSA) is 32.8 Å². The van der Waals surface area contributed by atoms with E-state index >= 15 is 0 Å². The van der Waals surface area contributed by atoms with Crippen LogP contribution in [-0.2, 0) is 16.6 Å². The molecule has 1 atom stereocenters. The molecule has 1 heterocycles. The summed E-state index contributed by atoms with van der Waals surface area (Å²) in [6, 6.07) is 17.1. The number of nitrogens with zero attached hydrogens (tertiary/aromatic N) is 2. The van der Waals surface area contributed by atoms with E-state index in [4.69, 9.17) is 4.74 Å². The molecule has 1 saturated carbocycles. The first kappa shape index (κ1) is 21.9. The molecule has 4 heteroatoms. The molecule has 1 aliphatic heterocycles. The maximum atomic E-state index is 13.7. The summed E-state index contributed by atoms with van der Waals surface area (Å²) in [5.41, 5.74) is 3.56. The lowest BCUT2D eigenvalue weighted by atomic mass is 9.86. The van der Waals surface area contributed by atoms with E-state index in [-0.39, 0.29) is 17.1 Å². The second-order valence-corrected chi connectivity index (χ2v) is 10.2. The van der Waals surface area contributed by atoms with Gasteiger partial charge in [0, 0.05) is 6.54 Å². The highest BCUT2D eigenvalue weighted by Crippen LogP contribution is 2.47. The highest BCUT2D eigenvalue weighted by Gasteiger charge is 2.56. The van der Waals surface area contributed by atoms with E-state index < -0.39 is 0 Å². The van der Waals surface area contributed by atoms with Gasteiger partial charge in [0.25, 0.3) is 0 Å². The SMILES string of the molecule is COc1ccc(CCN2C(=O)C3(CCCC3)N(C)C2c2ccc(C(C)(C)C)cc2)cc1. The third-order valence-corrected chi connectivity index (χ3v) is 7.30. The van der Waals surface area contributed by atoms with Crippen LogP contribution in [0.15, 0.2) is 48.5 Å². The van der Waals surface area contributed by atoms with Crippen LogP contribution in [0.25, 0.3) is 0 Å². The Morgan fingerprint density at radius 1 is 1.00 bits per heavy atom. The minimum Gasteiger partial charge on any atom is -0.497 e. The minimum atomic E-state index is -0.326. The molecule has 4 nitrogen and oxygen atoms in total. The second kappa shape index (κ2) is 8.31. The van der Waals surface area contributed by atoms with Crippen LogP contribution in [0.1, 0.15) is 69.3 Å². The first-order chi connectivity index (χ1) is 14.8. The average Bonchev–Trinajstić information content (AvgIpc) is 3.33. The Labute approximate surface area is 187 Å². The Bertz CT molecular complexity index is 906. The molecule has 1 aliphatic carbocycles. The van der Waals surface area contributed by atoms with Crippen LogP contribution in [-0.4, -0.2) is 41.9 Å². The van der Waals surface area contributed by atoms with Crippen LogP contribution in [0.2, 0.25) is 0 Å². The molecule has 1 spiro atoms. The average molecular weight is 421 g/mol. The summed E-state index contributed by atoms with van der Waals surface area (Å²) < 4.78 is 5.28. The number of hydrogen-bond donors (Lipinski definition) is 0. The molecule has 2 aliphatic rings. The Morgan fingerprint density at radius 2 is 1.61 bits per heavy atom. The maximum absolute atomic E-state index is 13.7. The summed E-state index contributed by atoms with van der Waals surface area (Å²) in [5, 5.41) is 0. The summed E-state index contributed by atoms with van der Waals surface area (Å²) >= 11 is 0. The first-order valence-electron chi connectivity index (χ1n) is 11.5. The third kappa shape index (κ3) is 3.98. The highest BCUT2D eigenvalue weighted by atomic mass is 16.5. The highest BCUT2D eigenvalue weighted by molar-refractivity contribution is 5.89. The lowest BCUT2D eigenvalue weighted by molar-refractivity contribution is -0.133. The molecule has 2 aromatic carbocycles. The normalized spacial score (nSPS) is 21.3. The molecule has 0 N–H and O–H groups in total. The van der Waals surface area contributed by atoms with E-state index in [0.717, 1.165) is 44.4 Å². The quantitative estimate of drug-likeness (QED) is 0.656. The Morgan fingerprint density at radius 3 is 2.16 bits per heavy atom. The van der Waals surface area contributed by atoms with Crippen LogP contribution in [0, 0.1) is 0 Å². The smallest absolute Gasteiger partial charge is 0.244 e. The fourth-order valence-electron chi connectivity index (χ4n) is 5.32. The molecule has 2 fully saturated rings. The molecule has 0 radical (unpaired) electrons. The van der Waals surface area contributed by atoms with Crippen molar-refractivity contribution in [2.45, 2.75) is 70.0 Å². The van der Waals surface area contributed by atoms with Gasteiger partial charge in [-0.3, -0.25) is 9.69 Å². The summed E-state index contributed by atoms with van der Waals surface area (Å²) in [5.74, 6) is 1.17. The molecule has 4 rings (SSSR count). The van der Waals surface area contributed by atoms with E-state index in [9.17, 15) is 4.79 Å². The van der Waals surface area contributed by atoms with Gasteiger partial charge in [0.15, 0.2) is 0 Å². The molecule has 1 amide bonds. The number of hydrogen-bond acceptors (Lipinski definition) is 3. The first-order valence-corrected chi connectivity index (χ1v) is 11.5. The van der Waals surface area contributed by atoms with Crippen molar-refractivity contribution in [3.05, 3.63) is 65.2 Å². The van der Waals surface area contributed by atoms with Gasteiger partial charge in [-0.1, -0.05) is 70.0 Å². The van der Waals surface area contributed by atoms with Gasteiger partial charge in [0.05, 0.1) is 7.11 Å². The van der Waals surface area contributed by atoms with Crippen molar-refractivity contribution in [2.24, 2.45) is 0 Å². The monoisotopic (exact) mass is 420 g/mol. The molecule has 1 unspecified atom stereocenters. The number of methoxy groups -OCH3 is 1. The van der Waals surface area contributed by atoms with Crippen molar-refractivity contribution in [1.82, 2.24) is 9.80 Å². The van der Waals surface area contributed by atoms with E-state index in [1.807, 2.05) is 12.1 Å². The van der Waals surface area contributed by atoms with Gasteiger partial charge in [-0.05, 0) is 60.5 Å². The fourth-order valence-corrected chi connectivity index (χ4v) is 5.32. The number of ether oxygens (including phenoxy) is 1. The van der Waals surface area contributed by atoms with Gasteiger partial charge >= 0.3 is 0 Å². The minimum absolute atomic E-state index is 0.00198. The van der Waals surface area contributed by atoms with Gasteiger partial charge in [0.1, 0.15) is 17.5 Å². The lowest BCUT2D eigenvalue weighted by Gasteiger charge is -2.32. The molecule has 0 aromatic heterocycles. The van der Waals surface area contributed by atoms with Crippen molar-refractivity contribution >= 4 is 5.91 Å². The zero-order valence-electron chi connectivity index (χ0n) is 19.6. The van der Waals surface area contributed by atoms with Gasteiger partial charge in [-0.15, -0.1) is 0 Å². The number of rotatable bonds is 5. The second-order valence-electron chi connectivity index (χ2n) is 10.2. The van der Waals surface area contributed by atoms with Crippen molar-refractivity contribution < 1.29 is 9.53 Å². The molecule has 31 heavy (non-hydrogen) atoms. The predicted molar refractivity (Wildman–Crippen MR) is 125 cm³/mol. The number of amides is 1. The van der Waals surface area contributed by atoms with Crippen LogP contribution < -0.4 is 4.74 Å². The van der Waals surface area contributed by atoms with Gasteiger partial charge in [0.2, 0.25) is 5.91 Å². The summed E-state index contributed by atoms with van der Waals surface area (Å²) in [6.07, 6.45) is 5.06. The van der Waals surface area contributed by atoms with E-state index in [2.05, 4.69) is 74.0 Å². The summed E-state index contributed by atoms with van der Waals surface area (Å²) in [6.45, 7) is 7.44. The number of carbonyl (C=O) groups excluding carboxylic acids is 1. The van der Waals surface area contributed by atoms with Crippen molar-refractivity contribution in [1.29, 1.82) is 0 Å². The van der Waals surface area contributed by atoms with Crippen molar-refractivity contribution in [3.63, 3.8) is 0 Å². The van der Waals surface area contributed by atoms with E-state index in [1.54, 1.807) is 7.11 Å². The largest absolute Gasteiger partial charge is 0.497 e. The van der Waals surface area contributed by atoms with Gasteiger partial charge < -0.3 is 9.64 Å². The Hall–Kier alpha value is -2.33. The molecule has 166 valence electrons. The third-order valence-electron chi connectivity index (χ3n) is 7.30. The molecular formula is C27H36N2O2. The number of carbonyl (C=O) groups is 1. The Kier molecular flexibility index (Phi) is 5.87. The molecule has 0 bridgehead atoms. The van der Waals surface area contributed by atoms with Gasteiger partial charge in [-0.25, -0.2) is 0 Å². The van der Waals surface area contributed by atoms with Crippen LogP contribution >= 0.6 is 0 Å². The standard InChI is InChI=1S/C27H36N2O2/c1-26(2,3)22-12-10-21(11-13-22)24-28(4)27(17-6-7-18-27)25(30)29(24)19-16-20-8-14-23(31-5)15-9-20/h8-15,24H,6-7,16-19H2,1-5H3. The summed E-state index contributed by atoms with van der Waals surface area (Å²) in [4.78, 5) is 18.2. The molecule has 1 saturated heterocycles.